The summed E-state index contributed by atoms with van der Waals surface area (Å²) in [6.07, 6.45) is 0. The average molecular weight is 336 g/mol. The highest BCUT2D eigenvalue weighted by Gasteiger charge is 2.27. The summed E-state index contributed by atoms with van der Waals surface area (Å²) in [6.45, 7) is 0.949. The number of carbonyl (C=O) groups is 1. The van der Waals surface area contributed by atoms with E-state index in [0.717, 1.165) is 12.1 Å². The Morgan fingerprint density at radius 1 is 1.25 bits per heavy atom. The molecule has 0 heterocycles. The predicted molar refractivity (Wildman–Crippen MR) is 81.4 cm³/mol. The molecular formula is C16H14F2N2O4. The van der Waals surface area contributed by atoms with Crippen molar-refractivity contribution in [1.29, 1.82) is 0 Å². The van der Waals surface area contributed by atoms with Crippen LogP contribution in [0.3, 0.4) is 0 Å². The van der Waals surface area contributed by atoms with Crippen LogP contribution in [0.4, 0.5) is 14.5 Å². The van der Waals surface area contributed by atoms with Gasteiger partial charge in [0, 0.05) is 29.3 Å². The number of aliphatic hydroxyl groups is 1. The molecule has 1 amide bonds. The second kappa shape index (κ2) is 6.71. The van der Waals surface area contributed by atoms with Crippen LogP contribution in [0.5, 0.6) is 0 Å². The molecule has 126 valence electrons. The van der Waals surface area contributed by atoms with Gasteiger partial charge in [0.2, 0.25) is 0 Å². The van der Waals surface area contributed by atoms with E-state index >= 15 is 0 Å². The van der Waals surface area contributed by atoms with Crippen molar-refractivity contribution in [1.82, 2.24) is 5.32 Å². The number of nitro benzene ring substituents is 1. The van der Waals surface area contributed by atoms with Gasteiger partial charge in [-0.25, -0.2) is 8.78 Å². The summed E-state index contributed by atoms with van der Waals surface area (Å²) in [5.41, 5.74) is -1.93. The monoisotopic (exact) mass is 336 g/mol. The van der Waals surface area contributed by atoms with Crippen LogP contribution in [-0.2, 0) is 5.60 Å². The summed E-state index contributed by atoms with van der Waals surface area (Å²) in [4.78, 5) is 22.0. The number of hydrogen-bond acceptors (Lipinski definition) is 4. The number of nitro groups is 1. The Bertz CT molecular complexity index is 776. The molecule has 2 aromatic carbocycles. The highest BCUT2D eigenvalue weighted by molar-refractivity contribution is 5.94. The molecule has 0 aliphatic heterocycles. The fraction of sp³-hybridized carbons (Fsp3) is 0.188. The van der Waals surface area contributed by atoms with Gasteiger partial charge >= 0.3 is 0 Å². The normalized spacial score (nSPS) is 13.2. The SMILES string of the molecule is CC(O)(CNC(=O)c1ccc([N+](=O)[O-])cc1)c1ccc(F)cc1F. The topological polar surface area (TPSA) is 92.5 Å². The first-order valence-electron chi connectivity index (χ1n) is 6.91. The van der Waals surface area contributed by atoms with Crippen molar-refractivity contribution in [3.8, 4) is 0 Å². The standard InChI is InChI=1S/C16H14F2N2O4/c1-16(22,13-7-4-11(17)8-14(13)18)9-19-15(21)10-2-5-12(6-3-10)20(23)24/h2-8,22H,9H2,1H3,(H,19,21). The molecule has 0 fully saturated rings. The van der Waals surface area contributed by atoms with Crippen molar-refractivity contribution in [2.45, 2.75) is 12.5 Å². The van der Waals surface area contributed by atoms with Gasteiger partial charge in [-0.2, -0.15) is 0 Å². The third-order valence-electron chi connectivity index (χ3n) is 3.44. The van der Waals surface area contributed by atoms with Crippen LogP contribution in [-0.4, -0.2) is 22.5 Å². The predicted octanol–water partition coefficient (Wildman–Crippen LogP) is 2.51. The highest BCUT2D eigenvalue weighted by Crippen LogP contribution is 2.23. The number of rotatable bonds is 5. The summed E-state index contributed by atoms with van der Waals surface area (Å²) >= 11 is 0. The maximum atomic E-state index is 13.7. The van der Waals surface area contributed by atoms with Gasteiger partial charge in [-0.05, 0) is 25.1 Å². The Hall–Kier alpha value is -2.87. The zero-order valence-electron chi connectivity index (χ0n) is 12.6. The largest absolute Gasteiger partial charge is 0.383 e. The number of nitrogens with zero attached hydrogens (tertiary/aromatic N) is 1. The number of carbonyl (C=O) groups excluding carboxylic acids is 1. The molecule has 0 saturated carbocycles. The Labute approximate surface area is 135 Å². The Morgan fingerprint density at radius 3 is 2.42 bits per heavy atom. The molecule has 2 N–H and O–H groups in total. The van der Waals surface area contributed by atoms with Crippen LogP contribution in [0, 0.1) is 21.7 Å². The van der Waals surface area contributed by atoms with Gasteiger partial charge in [-0.1, -0.05) is 6.07 Å². The quantitative estimate of drug-likeness (QED) is 0.648. The molecular weight excluding hydrogens is 322 g/mol. The molecule has 0 radical (unpaired) electrons. The van der Waals surface area contributed by atoms with Gasteiger partial charge in [-0.3, -0.25) is 14.9 Å². The van der Waals surface area contributed by atoms with Gasteiger partial charge in [0.05, 0.1) is 11.5 Å². The molecule has 0 aromatic heterocycles. The minimum atomic E-state index is -1.76. The van der Waals surface area contributed by atoms with Gasteiger partial charge < -0.3 is 10.4 Å². The molecule has 24 heavy (non-hydrogen) atoms. The maximum Gasteiger partial charge on any atom is 0.269 e. The number of non-ortho nitro benzene ring substituents is 1. The van der Waals surface area contributed by atoms with Crippen molar-refractivity contribution >= 4 is 11.6 Å². The Morgan fingerprint density at radius 2 is 1.88 bits per heavy atom. The van der Waals surface area contributed by atoms with Crippen LogP contribution in [0.2, 0.25) is 0 Å². The van der Waals surface area contributed by atoms with Crippen LogP contribution in [0.1, 0.15) is 22.8 Å². The third kappa shape index (κ3) is 3.90. The van der Waals surface area contributed by atoms with Crippen molar-refractivity contribution in [3.63, 3.8) is 0 Å². The van der Waals surface area contributed by atoms with E-state index in [2.05, 4.69) is 5.32 Å². The van der Waals surface area contributed by atoms with Crippen LogP contribution >= 0.6 is 0 Å². The summed E-state index contributed by atoms with van der Waals surface area (Å²) in [5, 5.41) is 23.3. The van der Waals surface area contributed by atoms with E-state index in [0.29, 0.717) is 6.07 Å². The fourth-order valence-electron chi connectivity index (χ4n) is 2.11. The van der Waals surface area contributed by atoms with Crippen LogP contribution in [0.15, 0.2) is 42.5 Å². The molecule has 0 aliphatic carbocycles. The molecule has 2 aromatic rings. The van der Waals surface area contributed by atoms with E-state index in [1.807, 2.05) is 0 Å². The zero-order valence-corrected chi connectivity index (χ0v) is 12.6. The maximum absolute atomic E-state index is 13.7. The van der Waals surface area contributed by atoms with Crippen molar-refractivity contribution < 1.29 is 23.6 Å². The molecule has 0 bridgehead atoms. The molecule has 0 spiro atoms. The zero-order chi connectivity index (χ0) is 17.9. The van der Waals surface area contributed by atoms with E-state index in [9.17, 15) is 28.8 Å². The van der Waals surface area contributed by atoms with E-state index < -0.39 is 28.1 Å². The smallest absolute Gasteiger partial charge is 0.269 e. The first-order valence-corrected chi connectivity index (χ1v) is 6.91. The highest BCUT2D eigenvalue weighted by atomic mass is 19.1. The first kappa shape index (κ1) is 17.5. The lowest BCUT2D eigenvalue weighted by Gasteiger charge is -2.24. The molecule has 8 heteroatoms. The Balaban J connectivity index is 2.08. The van der Waals surface area contributed by atoms with E-state index in [1.54, 1.807) is 0 Å². The molecule has 2 rings (SSSR count). The minimum absolute atomic E-state index is 0.149. The lowest BCUT2D eigenvalue weighted by molar-refractivity contribution is -0.384. The van der Waals surface area contributed by atoms with E-state index in [-0.39, 0.29) is 23.4 Å². The summed E-state index contributed by atoms with van der Waals surface area (Å²) in [7, 11) is 0. The van der Waals surface area contributed by atoms with Crippen molar-refractivity contribution in [3.05, 3.63) is 75.3 Å². The number of halogens is 2. The second-order valence-electron chi connectivity index (χ2n) is 5.38. The number of hydrogen-bond donors (Lipinski definition) is 2. The third-order valence-corrected chi connectivity index (χ3v) is 3.44. The molecule has 1 unspecified atom stereocenters. The second-order valence-corrected chi connectivity index (χ2v) is 5.38. The van der Waals surface area contributed by atoms with Gasteiger partial charge in [0.1, 0.15) is 17.2 Å². The number of benzene rings is 2. The minimum Gasteiger partial charge on any atom is -0.383 e. The lowest BCUT2D eigenvalue weighted by atomic mass is 9.95. The van der Waals surface area contributed by atoms with Crippen LogP contribution in [0.25, 0.3) is 0 Å². The van der Waals surface area contributed by atoms with E-state index in [1.165, 1.54) is 31.2 Å². The van der Waals surface area contributed by atoms with E-state index in [4.69, 9.17) is 0 Å². The van der Waals surface area contributed by atoms with Crippen molar-refractivity contribution in [2.75, 3.05) is 6.54 Å². The number of nitrogens with one attached hydrogen (secondary N) is 1. The Kier molecular flexibility index (Phi) is 4.89. The first-order chi connectivity index (χ1) is 11.2. The van der Waals surface area contributed by atoms with Gasteiger partial charge in [0.25, 0.3) is 11.6 Å². The molecule has 6 nitrogen and oxygen atoms in total. The number of amides is 1. The van der Waals surface area contributed by atoms with Gasteiger partial charge in [-0.15, -0.1) is 0 Å². The average Bonchev–Trinajstić information content (AvgIpc) is 2.52. The summed E-state index contributed by atoms with van der Waals surface area (Å²) < 4.78 is 26.7. The summed E-state index contributed by atoms with van der Waals surface area (Å²) in [5.74, 6) is -2.29. The molecule has 0 aliphatic rings. The van der Waals surface area contributed by atoms with Crippen molar-refractivity contribution in [2.24, 2.45) is 0 Å². The lowest BCUT2D eigenvalue weighted by Crippen LogP contribution is -2.39. The molecule has 0 saturated heterocycles. The van der Waals surface area contributed by atoms with Gasteiger partial charge in [0.15, 0.2) is 0 Å². The fourth-order valence-corrected chi connectivity index (χ4v) is 2.11. The van der Waals surface area contributed by atoms with Crippen LogP contribution < -0.4 is 5.32 Å². The summed E-state index contributed by atoms with van der Waals surface area (Å²) in [6, 6.07) is 7.62. The molecule has 1 atom stereocenters.